The molecule has 0 fully saturated rings. The van der Waals surface area contributed by atoms with Crippen molar-refractivity contribution >= 4 is 17.7 Å². The van der Waals surface area contributed by atoms with Crippen LogP contribution in [0.4, 0.5) is 6.01 Å². The fourth-order valence-corrected chi connectivity index (χ4v) is 4.59. The number of anilines is 1. The molecule has 1 atom stereocenters. The SMILES string of the molecule is C#CCN1C(=O)C2(C3=C1CCCC3=O)c1ccccc1-c1oc(N)nc12. The third-order valence-electron chi connectivity index (χ3n) is 5.48. The van der Waals surface area contributed by atoms with Crippen LogP contribution in [0.5, 0.6) is 0 Å². The predicted octanol–water partition coefficient (Wildman–Crippen LogP) is 2.01. The minimum absolute atomic E-state index is 0.0162. The molecule has 1 aromatic heterocycles. The molecule has 6 nitrogen and oxygen atoms in total. The van der Waals surface area contributed by atoms with Crippen LogP contribution in [0.25, 0.3) is 11.3 Å². The van der Waals surface area contributed by atoms with Gasteiger partial charge in [0.15, 0.2) is 17.0 Å². The molecule has 1 spiro atoms. The second-order valence-corrected chi connectivity index (χ2v) is 6.72. The summed E-state index contributed by atoms with van der Waals surface area (Å²) in [5, 5.41) is 0. The van der Waals surface area contributed by atoms with Crippen LogP contribution in [0.15, 0.2) is 40.0 Å². The normalized spacial score (nSPS) is 23.3. The Morgan fingerprint density at radius 3 is 2.92 bits per heavy atom. The van der Waals surface area contributed by atoms with E-state index >= 15 is 0 Å². The van der Waals surface area contributed by atoms with Crippen molar-refractivity contribution in [2.45, 2.75) is 24.7 Å². The molecule has 1 unspecified atom stereocenters. The molecule has 0 radical (unpaired) electrons. The minimum atomic E-state index is -1.29. The quantitative estimate of drug-likeness (QED) is 0.799. The van der Waals surface area contributed by atoms with Gasteiger partial charge >= 0.3 is 0 Å². The largest absolute Gasteiger partial charge is 0.423 e. The maximum atomic E-state index is 13.7. The lowest BCUT2D eigenvalue weighted by atomic mass is 9.71. The van der Waals surface area contributed by atoms with Gasteiger partial charge < -0.3 is 15.1 Å². The van der Waals surface area contributed by atoms with Crippen molar-refractivity contribution in [1.82, 2.24) is 9.88 Å². The highest BCUT2D eigenvalue weighted by Crippen LogP contribution is 2.59. The summed E-state index contributed by atoms with van der Waals surface area (Å²) in [6.07, 6.45) is 7.25. The van der Waals surface area contributed by atoms with E-state index in [2.05, 4.69) is 10.9 Å². The molecule has 2 N–H and O–H groups in total. The molecule has 0 saturated carbocycles. The summed E-state index contributed by atoms with van der Waals surface area (Å²) < 4.78 is 5.62. The summed E-state index contributed by atoms with van der Waals surface area (Å²) in [4.78, 5) is 32.6. The van der Waals surface area contributed by atoms with Gasteiger partial charge in [0, 0.05) is 23.3 Å². The van der Waals surface area contributed by atoms with Gasteiger partial charge in [0.25, 0.3) is 6.01 Å². The Bertz CT molecular complexity index is 1070. The van der Waals surface area contributed by atoms with E-state index in [9.17, 15) is 9.59 Å². The van der Waals surface area contributed by atoms with Crippen molar-refractivity contribution < 1.29 is 14.0 Å². The Balaban J connectivity index is 1.91. The molecule has 2 aliphatic carbocycles. The molecule has 5 rings (SSSR count). The predicted molar refractivity (Wildman–Crippen MR) is 93.6 cm³/mol. The number of oxazole rings is 1. The number of hydrogen-bond acceptors (Lipinski definition) is 5. The lowest BCUT2D eigenvalue weighted by molar-refractivity contribution is -0.131. The van der Waals surface area contributed by atoms with Crippen LogP contribution in [-0.4, -0.2) is 28.1 Å². The second kappa shape index (κ2) is 4.85. The number of rotatable bonds is 1. The van der Waals surface area contributed by atoms with Gasteiger partial charge in [-0.25, -0.2) is 0 Å². The van der Waals surface area contributed by atoms with Gasteiger partial charge in [-0.3, -0.25) is 9.59 Å². The molecule has 0 saturated heterocycles. The Kier molecular flexibility index (Phi) is 2.79. The van der Waals surface area contributed by atoms with Crippen LogP contribution >= 0.6 is 0 Å². The highest BCUT2D eigenvalue weighted by Gasteiger charge is 2.63. The number of carbonyl (C=O) groups excluding carboxylic acids is 2. The summed E-state index contributed by atoms with van der Waals surface area (Å²) in [5.74, 6) is 2.72. The number of allylic oxidation sites excluding steroid dienone is 1. The van der Waals surface area contributed by atoms with Crippen LogP contribution in [0.2, 0.25) is 0 Å². The summed E-state index contributed by atoms with van der Waals surface area (Å²) in [5.41, 5.74) is 7.58. The molecule has 6 heteroatoms. The van der Waals surface area contributed by atoms with E-state index in [0.29, 0.717) is 47.6 Å². The minimum Gasteiger partial charge on any atom is -0.423 e. The first kappa shape index (κ1) is 15.0. The standard InChI is InChI=1S/C20H15N3O3/c1-2-10-23-13-8-5-9-14(24)15(13)20(18(23)25)12-7-4-3-6-11(12)16-17(20)22-19(21)26-16/h1,3-4,6-7H,5,8-10H2,(H2,21,22). The van der Waals surface area contributed by atoms with Crippen molar-refractivity contribution in [1.29, 1.82) is 0 Å². The number of aromatic nitrogens is 1. The van der Waals surface area contributed by atoms with Gasteiger partial charge in [-0.1, -0.05) is 30.2 Å². The smallest absolute Gasteiger partial charge is 0.292 e. The van der Waals surface area contributed by atoms with Gasteiger partial charge in [0.1, 0.15) is 5.69 Å². The molecule has 128 valence electrons. The van der Waals surface area contributed by atoms with E-state index in [-0.39, 0.29) is 24.2 Å². The van der Waals surface area contributed by atoms with Crippen LogP contribution in [-0.2, 0) is 15.0 Å². The molecule has 0 bridgehead atoms. The molecule has 1 amide bonds. The number of nitrogens with zero attached hydrogens (tertiary/aromatic N) is 2. The number of benzene rings is 1. The molecule has 2 aromatic rings. The maximum absolute atomic E-state index is 13.7. The first-order valence-corrected chi connectivity index (χ1v) is 8.49. The zero-order chi connectivity index (χ0) is 18.1. The van der Waals surface area contributed by atoms with E-state index in [1.165, 1.54) is 0 Å². The summed E-state index contributed by atoms with van der Waals surface area (Å²) >= 11 is 0. The number of terminal acetylenes is 1. The van der Waals surface area contributed by atoms with Crippen molar-refractivity contribution in [2.75, 3.05) is 12.3 Å². The van der Waals surface area contributed by atoms with Gasteiger partial charge in [0.05, 0.1) is 6.54 Å². The van der Waals surface area contributed by atoms with E-state index in [1.54, 1.807) is 4.90 Å². The lowest BCUT2D eigenvalue weighted by Crippen LogP contribution is -2.42. The molecule has 1 aromatic carbocycles. The average molecular weight is 345 g/mol. The highest BCUT2D eigenvalue weighted by atomic mass is 16.4. The third-order valence-corrected chi connectivity index (χ3v) is 5.48. The zero-order valence-corrected chi connectivity index (χ0v) is 13.9. The van der Waals surface area contributed by atoms with Crippen molar-refractivity contribution in [3.63, 3.8) is 0 Å². The van der Waals surface area contributed by atoms with Crippen LogP contribution in [0.3, 0.4) is 0 Å². The fraction of sp³-hybridized carbons (Fsp3) is 0.250. The Labute approximate surface area is 149 Å². The van der Waals surface area contributed by atoms with E-state index < -0.39 is 5.41 Å². The zero-order valence-electron chi connectivity index (χ0n) is 13.9. The maximum Gasteiger partial charge on any atom is 0.292 e. The van der Waals surface area contributed by atoms with E-state index in [1.807, 2.05) is 24.3 Å². The van der Waals surface area contributed by atoms with Gasteiger partial charge in [-0.15, -0.1) is 6.42 Å². The Morgan fingerprint density at radius 2 is 2.12 bits per heavy atom. The molecule has 2 heterocycles. The Hall–Kier alpha value is -3.33. The Morgan fingerprint density at radius 1 is 1.31 bits per heavy atom. The van der Waals surface area contributed by atoms with Gasteiger partial charge in [0.2, 0.25) is 5.91 Å². The average Bonchev–Trinajstić information content (AvgIpc) is 3.22. The number of hydrogen-bond donors (Lipinski definition) is 1. The molecule has 26 heavy (non-hydrogen) atoms. The molecular weight excluding hydrogens is 330 g/mol. The van der Waals surface area contributed by atoms with Crippen LogP contribution in [0.1, 0.15) is 30.5 Å². The topological polar surface area (TPSA) is 89.4 Å². The molecule has 3 aliphatic rings. The van der Waals surface area contributed by atoms with Crippen LogP contribution in [0, 0.1) is 12.3 Å². The number of amides is 1. The summed E-state index contributed by atoms with van der Waals surface area (Å²) in [6.45, 7) is 0.123. The molecular formula is C20H15N3O3. The first-order chi connectivity index (χ1) is 12.6. The molecule has 1 aliphatic heterocycles. The first-order valence-electron chi connectivity index (χ1n) is 8.49. The van der Waals surface area contributed by atoms with E-state index in [4.69, 9.17) is 16.6 Å². The third kappa shape index (κ3) is 1.51. The van der Waals surface area contributed by atoms with Gasteiger partial charge in [-0.2, -0.15) is 4.98 Å². The fourth-order valence-electron chi connectivity index (χ4n) is 4.59. The van der Waals surface area contributed by atoms with Crippen molar-refractivity contribution in [3.05, 3.63) is 46.8 Å². The van der Waals surface area contributed by atoms with Crippen molar-refractivity contribution in [3.8, 4) is 23.7 Å². The van der Waals surface area contributed by atoms with E-state index in [0.717, 1.165) is 5.56 Å². The number of nitrogen functional groups attached to an aromatic ring is 1. The summed E-state index contributed by atoms with van der Waals surface area (Å²) in [6, 6.07) is 7.40. The lowest BCUT2D eigenvalue weighted by Gasteiger charge is -2.26. The number of carbonyl (C=O) groups is 2. The highest BCUT2D eigenvalue weighted by molar-refractivity contribution is 6.16. The number of Topliss-reactive ketones (excluding diaryl/α,β-unsaturated/α-hetero) is 1. The van der Waals surface area contributed by atoms with Gasteiger partial charge in [-0.05, 0) is 18.4 Å². The second-order valence-electron chi connectivity index (χ2n) is 6.72. The van der Waals surface area contributed by atoms with Crippen LogP contribution < -0.4 is 5.73 Å². The van der Waals surface area contributed by atoms with Crippen molar-refractivity contribution in [2.24, 2.45) is 0 Å². The number of ketones is 1. The summed E-state index contributed by atoms with van der Waals surface area (Å²) in [7, 11) is 0. The monoisotopic (exact) mass is 345 g/mol. The number of fused-ring (bicyclic) bond motifs is 6. The number of nitrogens with two attached hydrogens (primary N) is 1.